The largest absolute Gasteiger partial charge is 0.294 e. The summed E-state index contributed by atoms with van der Waals surface area (Å²) >= 11 is 6.21. The topological polar surface area (TPSA) is 57.7 Å². The molecular weight excluding hydrogens is 364 g/mol. The molecule has 1 aliphatic heterocycles. The second-order valence-corrected chi connectivity index (χ2v) is 8.64. The van der Waals surface area contributed by atoms with Crippen LogP contribution in [0.2, 0.25) is 5.02 Å². The van der Waals surface area contributed by atoms with Crippen LogP contribution in [0.3, 0.4) is 0 Å². The fourth-order valence-electron chi connectivity index (χ4n) is 5.53. The van der Waals surface area contributed by atoms with Crippen LogP contribution in [-0.2, 0) is 14.4 Å². The van der Waals surface area contributed by atoms with Crippen molar-refractivity contribution < 1.29 is 14.4 Å². The second kappa shape index (κ2) is 5.68. The quantitative estimate of drug-likeness (QED) is 0.594. The Kier molecular flexibility index (Phi) is 3.57. The van der Waals surface area contributed by atoms with Gasteiger partial charge in [0.2, 0.25) is 17.7 Å². The zero-order valence-electron chi connectivity index (χ0n) is 15.3. The Morgan fingerprint density at radius 3 is 2.30 bits per heavy atom. The third kappa shape index (κ3) is 2.27. The average molecular weight is 385 g/mol. The van der Waals surface area contributed by atoms with Gasteiger partial charge in [-0.3, -0.25) is 24.2 Å². The van der Waals surface area contributed by atoms with Gasteiger partial charge in [0.05, 0.1) is 11.8 Å². The van der Waals surface area contributed by atoms with Crippen molar-refractivity contribution >= 4 is 35.0 Å². The molecule has 1 heterocycles. The van der Waals surface area contributed by atoms with E-state index in [0.29, 0.717) is 22.5 Å². The minimum atomic E-state index is -0.245. The molecule has 6 heteroatoms. The maximum absolute atomic E-state index is 13.2. The number of amides is 3. The van der Waals surface area contributed by atoms with E-state index in [0.717, 1.165) is 12.0 Å². The fraction of sp³-hybridized carbons (Fsp3) is 0.476. The number of allylic oxidation sites excluding steroid dienone is 2. The number of benzene rings is 1. The highest BCUT2D eigenvalue weighted by atomic mass is 35.5. The van der Waals surface area contributed by atoms with E-state index in [4.69, 9.17) is 11.6 Å². The highest BCUT2D eigenvalue weighted by Crippen LogP contribution is 2.65. The Labute approximate surface area is 163 Å². The van der Waals surface area contributed by atoms with Crippen molar-refractivity contribution in [2.24, 2.45) is 35.5 Å². The van der Waals surface area contributed by atoms with Crippen molar-refractivity contribution in [3.8, 4) is 0 Å². The van der Waals surface area contributed by atoms with Gasteiger partial charge in [0, 0.05) is 17.6 Å². The summed E-state index contributed by atoms with van der Waals surface area (Å²) in [5, 5.41) is 0.550. The summed E-state index contributed by atoms with van der Waals surface area (Å²) in [6.45, 7) is 3.23. The average Bonchev–Trinajstić information content (AvgIpc) is 3.42. The van der Waals surface area contributed by atoms with Gasteiger partial charge in [-0.2, -0.15) is 0 Å². The number of hydrogen-bond donors (Lipinski definition) is 0. The number of nitrogens with zero attached hydrogens (tertiary/aromatic N) is 2. The Hall–Kier alpha value is -2.14. The molecule has 1 aromatic rings. The molecule has 27 heavy (non-hydrogen) atoms. The number of likely N-dealkylation sites (tertiary alicyclic amines) is 1. The molecule has 5 aliphatic rings. The van der Waals surface area contributed by atoms with Gasteiger partial charge in [0.15, 0.2) is 0 Å². The second-order valence-electron chi connectivity index (χ2n) is 8.23. The number of rotatable bonds is 3. The minimum absolute atomic E-state index is 0.0457. The highest BCUT2D eigenvalue weighted by molar-refractivity contribution is 6.31. The summed E-state index contributed by atoms with van der Waals surface area (Å²) in [7, 11) is 0. The lowest BCUT2D eigenvalue weighted by molar-refractivity contribution is -0.140. The summed E-state index contributed by atoms with van der Waals surface area (Å²) < 4.78 is 0. The van der Waals surface area contributed by atoms with Crippen LogP contribution < -0.4 is 4.90 Å². The SMILES string of the molecule is CC(=O)N(CN1C(=O)[C@@H]2[C@@H]3C=C[C@H]([C@@H]4C[C@H]34)[C@@H]2C1=O)c1cccc(Cl)c1C. The van der Waals surface area contributed by atoms with E-state index in [1.165, 1.54) is 16.7 Å². The fourth-order valence-corrected chi connectivity index (χ4v) is 5.70. The molecule has 0 spiro atoms. The zero-order chi connectivity index (χ0) is 19.0. The first-order valence-corrected chi connectivity index (χ1v) is 9.84. The van der Waals surface area contributed by atoms with Gasteiger partial charge >= 0.3 is 0 Å². The first kappa shape index (κ1) is 17.0. The van der Waals surface area contributed by atoms with E-state index in [9.17, 15) is 14.4 Å². The van der Waals surface area contributed by atoms with Crippen LogP contribution in [0, 0.1) is 42.4 Å². The van der Waals surface area contributed by atoms with Crippen LogP contribution in [0.15, 0.2) is 30.4 Å². The van der Waals surface area contributed by atoms with E-state index < -0.39 is 0 Å². The van der Waals surface area contributed by atoms with Crippen LogP contribution in [0.5, 0.6) is 0 Å². The number of anilines is 1. The molecule has 6 rings (SSSR count). The van der Waals surface area contributed by atoms with Crippen molar-refractivity contribution in [3.05, 3.63) is 40.9 Å². The molecule has 4 aliphatic carbocycles. The van der Waals surface area contributed by atoms with Crippen molar-refractivity contribution in [1.82, 2.24) is 4.90 Å². The predicted molar refractivity (Wildman–Crippen MR) is 101 cm³/mol. The summed E-state index contributed by atoms with van der Waals surface area (Å²) in [5.41, 5.74) is 1.39. The van der Waals surface area contributed by atoms with Gasteiger partial charge in [-0.15, -0.1) is 0 Å². The van der Waals surface area contributed by atoms with E-state index >= 15 is 0 Å². The first-order valence-electron chi connectivity index (χ1n) is 9.47. The normalized spacial score (nSPS) is 35.3. The van der Waals surface area contributed by atoms with E-state index in [-0.39, 0.29) is 48.1 Å². The predicted octanol–water partition coefficient (Wildman–Crippen LogP) is 3.01. The monoisotopic (exact) mass is 384 g/mol. The van der Waals surface area contributed by atoms with Crippen molar-refractivity contribution in [3.63, 3.8) is 0 Å². The van der Waals surface area contributed by atoms with Crippen molar-refractivity contribution in [2.45, 2.75) is 20.3 Å². The van der Waals surface area contributed by atoms with Crippen LogP contribution >= 0.6 is 11.6 Å². The molecule has 1 aromatic carbocycles. The Morgan fingerprint density at radius 2 is 1.74 bits per heavy atom. The van der Waals surface area contributed by atoms with Crippen LogP contribution in [0.25, 0.3) is 0 Å². The molecule has 3 amide bonds. The molecule has 0 unspecified atom stereocenters. The summed E-state index contributed by atoms with van der Waals surface area (Å²) in [5.74, 6) is 0.543. The van der Waals surface area contributed by atoms with E-state index in [1.54, 1.807) is 18.2 Å². The maximum Gasteiger partial charge on any atom is 0.235 e. The van der Waals surface area contributed by atoms with E-state index in [2.05, 4.69) is 12.2 Å². The summed E-state index contributed by atoms with van der Waals surface area (Å²) in [6, 6.07) is 5.32. The first-order chi connectivity index (χ1) is 12.9. The summed E-state index contributed by atoms with van der Waals surface area (Å²) in [6.07, 6.45) is 5.44. The molecule has 140 valence electrons. The van der Waals surface area contributed by atoms with Crippen LogP contribution in [0.1, 0.15) is 18.9 Å². The molecule has 5 nitrogen and oxygen atoms in total. The molecular formula is C21H21ClN2O3. The number of hydrogen-bond acceptors (Lipinski definition) is 3. The smallest absolute Gasteiger partial charge is 0.235 e. The highest BCUT2D eigenvalue weighted by Gasteiger charge is 2.67. The molecule has 0 radical (unpaired) electrons. The van der Waals surface area contributed by atoms with Crippen molar-refractivity contribution in [1.29, 1.82) is 0 Å². The Bertz CT molecular complexity index is 875. The number of carbonyl (C=O) groups is 3. The van der Waals surface area contributed by atoms with Crippen LogP contribution in [0.4, 0.5) is 5.69 Å². The zero-order valence-corrected chi connectivity index (χ0v) is 16.0. The molecule has 2 bridgehead atoms. The Morgan fingerprint density at radius 1 is 1.15 bits per heavy atom. The third-order valence-corrected chi connectivity index (χ3v) is 7.36. The maximum atomic E-state index is 13.2. The molecule has 1 saturated heterocycles. The lowest BCUT2D eigenvalue weighted by Gasteiger charge is -2.37. The van der Waals surface area contributed by atoms with Gasteiger partial charge in [-0.1, -0.05) is 29.8 Å². The number of halogens is 1. The molecule has 0 N–H and O–H groups in total. The van der Waals surface area contributed by atoms with Gasteiger partial charge in [0.1, 0.15) is 6.67 Å². The molecule has 2 saturated carbocycles. The van der Waals surface area contributed by atoms with Gasteiger partial charge < -0.3 is 0 Å². The molecule has 0 aromatic heterocycles. The van der Waals surface area contributed by atoms with Gasteiger partial charge in [-0.05, 0) is 54.7 Å². The Balaban J connectivity index is 1.47. The molecule has 6 atom stereocenters. The number of imide groups is 1. The van der Waals surface area contributed by atoms with E-state index in [1.807, 2.05) is 6.92 Å². The minimum Gasteiger partial charge on any atom is -0.294 e. The third-order valence-electron chi connectivity index (χ3n) is 6.95. The van der Waals surface area contributed by atoms with Crippen molar-refractivity contribution in [2.75, 3.05) is 11.6 Å². The molecule has 3 fully saturated rings. The standard InChI is InChI=1S/C21H21ClN2O3/c1-10-16(22)4-3-5-17(10)23(11(2)25)9-24-20(26)18-12-6-7-13(15-8-14(12)15)19(18)21(24)27/h3-7,12-15,18-19H,8-9H2,1-2H3/t12-,13-,14-,15+,18-,19+/m1/s1. The lowest BCUT2D eigenvalue weighted by Crippen LogP contribution is -2.44. The van der Waals surface area contributed by atoms with Crippen LogP contribution in [-0.4, -0.2) is 29.3 Å². The van der Waals surface area contributed by atoms with Gasteiger partial charge in [0.25, 0.3) is 0 Å². The van der Waals surface area contributed by atoms with Gasteiger partial charge in [-0.25, -0.2) is 0 Å². The number of carbonyl (C=O) groups excluding carboxylic acids is 3. The lowest BCUT2D eigenvalue weighted by atomic mass is 9.63. The summed E-state index contributed by atoms with van der Waals surface area (Å²) in [4.78, 5) is 41.4.